The van der Waals surface area contributed by atoms with Crippen LogP contribution in [0.25, 0.3) is 5.69 Å². The molecule has 27 heavy (non-hydrogen) atoms. The lowest BCUT2D eigenvalue weighted by Crippen LogP contribution is -2.30. The zero-order chi connectivity index (χ0) is 19.7. The molecule has 0 bridgehead atoms. The Morgan fingerprint density at radius 3 is 2.37 bits per heavy atom. The molecule has 0 saturated heterocycles. The van der Waals surface area contributed by atoms with Gasteiger partial charge in [-0.1, -0.05) is 13.8 Å². The van der Waals surface area contributed by atoms with Crippen LogP contribution >= 0.6 is 31.9 Å². The zero-order valence-corrected chi connectivity index (χ0v) is 17.4. The summed E-state index contributed by atoms with van der Waals surface area (Å²) in [6.45, 7) is 3.84. The van der Waals surface area contributed by atoms with E-state index in [4.69, 9.17) is 4.74 Å². The third kappa shape index (κ3) is 4.11. The number of benzene rings is 1. The number of ether oxygens (including phenoxy) is 1. The summed E-state index contributed by atoms with van der Waals surface area (Å²) in [6, 6.07) is 4.94. The Morgan fingerprint density at radius 2 is 1.78 bits per heavy atom. The molecule has 8 nitrogen and oxygen atoms in total. The van der Waals surface area contributed by atoms with E-state index in [0.717, 1.165) is 10.9 Å². The van der Waals surface area contributed by atoms with Gasteiger partial charge in [0.15, 0.2) is 5.75 Å². The van der Waals surface area contributed by atoms with E-state index in [2.05, 4.69) is 46.9 Å². The number of H-pyrrole nitrogens is 2. The van der Waals surface area contributed by atoms with Gasteiger partial charge < -0.3 is 9.72 Å². The summed E-state index contributed by atoms with van der Waals surface area (Å²) in [4.78, 5) is 39.8. The van der Waals surface area contributed by atoms with Gasteiger partial charge in [-0.2, -0.15) is 9.78 Å². The Hall–Kier alpha value is -2.46. The molecule has 140 valence electrons. The SMILES string of the molecule is CC(C)c1cc(Oc2c(Br)cc(-n3ncc(=O)[nH]c3=O)cc2Br)c[nH]c1=O. The lowest BCUT2D eigenvalue weighted by molar-refractivity contribution is 0.472. The van der Waals surface area contributed by atoms with Crippen molar-refractivity contribution in [2.75, 3.05) is 0 Å². The monoisotopic (exact) mass is 496 g/mol. The maximum absolute atomic E-state index is 11.9. The molecule has 0 aliphatic carbocycles. The summed E-state index contributed by atoms with van der Waals surface area (Å²) in [5.74, 6) is 0.967. The molecule has 0 atom stereocenters. The largest absolute Gasteiger partial charge is 0.453 e. The van der Waals surface area contributed by atoms with E-state index < -0.39 is 11.2 Å². The number of hydrogen-bond acceptors (Lipinski definition) is 5. The fourth-order valence-electron chi connectivity index (χ4n) is 2.39. The molecule has 0 spiro atoms. The van der Waals surface area contributed by atoms with Gasteiger partial charge in [-0.3, -0.25) is 14.6 Å². The van der Waals surface area contributed by atoms with Crippen molar-refractivity contribution in [3.63, 3.8) is 0 Å². The van der Waals surface area contributed by atoms with E-state index in [1.54, 1.807) is 18.2 Å². The van der Waals surface area contributed by atoms with E-state index in [1.807, 2.05) is 13.8 Å². The van der Waals surface area contributed by atoms with Crippen LogP contribution in [0, 0.1) is 0 Å². The zero-order valence-electron chi connectivity index (χ0n) is 14.2. The number of nitrogens with zero attached hydrogens (tertiary/aromatic N) is 2. The van der Waals surface area contributed by atoms with Gasteiger partial charge >= 0.3 is 5.69 Å². The number of aromatic nitrogens is 4. The second-order valence-electron chi connectivity index (χ2n) is 5.97. The fraction of sp³-hybridized carbons (Fsp3) is 0.176. The van der Waals surface area contributed by atoms with Gasteiger partial charge in [-0.15, -0.1) is 0 Å². The molecule has 3 rings (SSSR count). The first kappa shape index (κ1) is 19.3. The van der Waals surface area contributed by atoms with Crippen LogP contribution in [0.5, 0.6) is 11.5 Å². The number of rotatable bonds is 4. The van der Waals surface area contributed by atoms with Crippen molar-refractivity contribution >= 4 is 31.9 Å². The first-order valence-electron chi connectivity index (χ1n) is 7.85. The van der Waals surface area contributed by atoms with E-state index in [-0.39, 0.29) is 11.5 Å². The molecule has 2 aromatic heterocycles. The van der Waals surface area contributed by atoms with E-state index in [0.29, 0.717) is 31.7 Å². The average Bonchev–Trinajstić information content (AvgIpc) is 2.59. The molecule has 0 unspecified atom stereocenters. The minimum absolute atomic E-state index is 0.0461. The van der Waals surface area contributed by atoms with Crippen molar-refractivity contribution in [3.05, 3.63) is 76.3 Å². The van der Waals surface area contributed by atoms with Crippen molar-refractivity contribution < 1.29 is 4.74 Å². The molecule has 0 aliphatic heterocycles. The van der Waals surface area contributed by atoms with Gasteiger partial charge in [-0.25, -0.2) is 4.79 Å². The molecule has 0 amide bonds. The Morgan fingerprint density at radius 1 is 1.11 bits per heavy atom. The Balaban J connectivity index is 2.01. The second-order valence-corrected chi connectivity index (χ2v) is 7.67. The Labute approximate surface area is 169 Å². The normalized spacial score (nSPS) is 11.0. The van der Waals surface area contributed by atoms with Crippen LogP contribution in [0.1, 0.15) is 25.3 Å². The van der Waals surface area contributed by atoms with Crippen molar-refractivity contribution in [1.82, 2.24) is 19.7 Å². The summed E-state index contributed by atoms with van der Waals surface area (Å²) < 4.78 is 8.04. The van der Waals surface area contributed by atoms with Gasteiger partial charge in [0.05, 0.1) is 14.6 Å². The van der Waals surface area contributed by atoms with Gasteiger partial charge in [-0.05, 0) is 56.0 Å². The number of pyridine rings is 1. The smallest absolute Gasteiger partial charge is 0.349 e. The molecule has 1 aromatic carbocycles. The third-order valence-electron chi connectivity index (χ3n) is 3.69. The van der Waals surface area contributed by atoms with Crippen LogP contribution < -0.4 is 21.5 Å². The Kier molecular flexibility index (Phi) is 5.47. The molecule has 0 aliphatic rings. The Bertz CT molecular complexity index is 1160. The molecule has 0 fully saturated rings. The fourth-order valence-corrected chi connectivity index (χ4v) is 3.71. The minimum Gasteiger partial charge on any atom is -0.453 e. The van der Waals surface area contributed by atoms with Crippen LogP contribution in [0.3, 0.4) is 0 Å². The molecule has 3 aromatic rings. The van der Waals surface area contributed by atoms with Crippen LogP contribution in [0.2, 0.25) is 0 Å². The van der Waals surface area contributed by atoms with Gasteiger partial charge in [0, 0.05) is 11.8 Å². The summed E-state index contributed by atoms with van der Waals surface area (Å²) in [5.41, 5.74) is -0.355. The van der Waals surface area contributed by atoms with Crippen molar-refractivity contribution in [3.8, 4) is 17.2 Å². The molecular weight excluding hydrogens is 484 g/mol. The minimum atomic E-state index is -0.655. The predicted molar refractivity (Wildman–Crippen MR) is 107 cm³/mol. The van der Waals surface area contributed by atoms with Crippen LogP contribution in [-0.4, -0.2) is 19.7 Å². The molecular formula is C17H14Br2N4O4. The lowest BCUT2D eigenvalue weighted by atomic mass is 10.1. The van der Waals surface area contributed by atoms with Crippen LogP contribution in [0.15, 0.2) is 53.9 Å². The maximum Gasteiger partial charge on any atom is 0.349 e. The number of nitrogens with one attached hydrogen (secondary N) is 2. The predicted octanol–water partition coefficient (Wildman–Crippen LogP) is 3.05. The molecule has 10 heteroatoms. The highest BCUT2D eigenvalue weighted by Gasteiger charge is 2.14. The van der Waals surface area contributed by atoms with Crippen molar-refractivity contribution in [2.45, 2.75) is 19.8 Å². The lowest BCUT2D eigenvalue weighted by Gasteiger charge is -2.13. The summed E-state index contributed by atoms with van der Waals surface area (Å²) in [5, 5.41) is 3.82. The first-order chi connectivity index (χ1) is 12.8. The molecule has 2 heterocycles. The van der Waals surface area contributed by atoms with Crippen molar-refractivity contribution in [1.29, 1.82) is 0 Å². The number of aromatic amines is 2. The van der Waals surface area contributed by atoms with E-state index >= 15 is 0 Å². The highest BCUT2D eigenvalue weighted by molar-refractivity contribution is 9.11. The third-order valence-corrected chi connectivity index (χ3v) is 4.87. The molecule has 2 N–H and O–H groups in total. The average molecular weight is 498 g/mol. The summed E-state index contributed by atoms with van der Waals surface area (Å²) >= 11 is 6.82. The quantitative estimate of drug-likeness (QED) is 0.575. The standard InChI is InChI=1S/C17H14Br2N4O4/c1-8(2)11-5-10(6-20-16(11)25)27-15-12(18)3-9(4-13(15)19)23-17(26)22-14(24)7-21-23/h3-8H,1-2H3,(H,20,25)(H,22,24,26). The summed E-state index contributed by atoms with van der Waals surface area (Å²) in [7, 11) is 0. The van der Waals surface area contributed by atoms with Gasteiger partial charge in [0.1, 0.15) is 11.9 Å². The van der Waals surface area contributed by atoms with Gasteiger partial charge in [0.2, 0.25) is 0 Å². The van der Waals surface area contributed by atoms with Crippen molar-refractivity contribution in [2.24, 2.45) is 0 Å². The van der Waals surface area contributed by atoms with E-state index in [9.17, 15) is 14.4 Å². The summed E-state index contributed by atoms with van der Waals surface area (Å²) in [6.07, 6.45) is 2.50. The highest BCUT2D eigenvalue weighted by Crippen LogP contribution is 2.38. The number of halogens is 2. The molecule has 0 saturated carbocycles. The second kappa shape index (κ2) is 7.65. The highest BCUT2D eigenvalue weighted by atomic mass is 79.9. The van der Waals surface area contributed by atoms with Crippen LogP contribution in [-0.2, 0) is 0 Å². The van der Waals surface area contributed by atoms with E-state index in [1.165, 1.54) is 6.20 Å². The molecule has 0 radical (unpaired) electrons. The van der Waals surface area contributed by atoms with Gasteiger partial charge in [0.25, 0.3) is 11.1 Å². The van der Waals surface area contributed by atoms with Crippen LogP contribution in [0.4, 0.5) is 0 Å². The topological polar surface area (TPSA) is 110 Å². The maximum atomic E-state index is 11.9. The number of hydrogen-bond donors (Lipinski definition) is 2. The first-order valence-corrected chi connectivity index (χ1v) is 9.43.